The maximum absolute atomic E-state index is 10.8. The lowest BCUT2D eigenvalue weighted by molar-refractivity contribution is -0.140. The molecule has 3 N–H and O–H groups in total. The Morgan fingerprint density at radius 3 is 2.46 bits per heavy atom. The average Bonchev–Trinajstić information content (AvgIpc) is 2.03. The number of carboxylic acids is 1. The highest BCUT2D eigenvalue weighted by Gasteiger charge is 2.22. The normalized spacial score (nSPS) is 14.0. The lowest BCUT2D eigenvalue weighted by Crippen LogP contribution is -2.47. The Balaban J connectivity index is 4.35. The molecule has 0 aromatic heterocycles. The molecule has 0 saturated heterocycles. The van der Waals surface area contributed by atoms with E-state index in [-0.39, 0.29) is 6.61 Å². The fourth-order valence-corrected chi connectivity index (χ4v) is 1.23. The maximum Gasteiger partial charge on any atom is 0.324 e. The van der Waals surface area contributed by atoms with E-state index in [2.05, 4.69) is 4.74 Å². The van der Waals surface area contributed by atoms with Crippen molar-refractivity contribution in [2.24, 2.45) is 0 Å². The van der Waals surface area contributed by atoms with Crippen molar-refractivity contribution < 1.29 is 23.1 Å². The molecule has 1 unspecified atom stereocenters. The molecule has 7 nitrogen and oxygen atoms in total. The summed E-state index contributed by atoms with van der Waals surface area (Å²) >= 11 is 0. The van der Waals surface area contributed by atoms with Crippen LogP contribution in [-0.2, 0) is 19.7 Å². The predicted molar refractivity (Wildman–Crippen MR) is 44.4 cm³/mol. The number of aliphatic carboxylic acids is 1. The van der Waals surface area contributed by atoms with E-state index in [4.69, 9.17) is 5.11 Å². The quantitative estimate of drug-likeness (QED) is 0.479. The van der Waals surface area contributed by atoms with E-state index in [1.54, 1.807) is 0 Å². The van der Waals surface area contributed by atoms with Gasteiger partial charge in [-0.1, -0.05) is 0 Å². The predicted octanol–water partition coefficient (Wildman–Crippen LogP) is -1.86. The number of carbonyl (C=O) groups is 1. The molecule has 0 saturated carbocycles. The highest BCUT2D eigenvalue weighted by Crippen LogP contribution is 1.88. The third kappa shape index (κ3) is 4.78. The summed E-state index contributed by atoms with van der Waals surface area (Å²) in [5.74, 6) is -1.29. The molecule has 1 atom stereocenters. The maximum atomic E-state index is 10.8. The summed E-state index contributed by atoms with van der Waals surface area (Å²) in [5.41, 5.74) is 0. The van der Waals surface area contributed by atoms with Crippen LogP contribution in [0.2, 0.25) is 0 Å². The van der Waals surface area contributed by atoms with Crippen molar-refractivity contribution in [1.82, 2.24) is 9.44 Å². The van der Waals surface area contributed by atoms with Gasteiger partial charge in [-0.2, -0.15) is 13.1 Å². The number of hydrogen-bond acceptors (Lipinski definition) is 4. The molecule has 0 amide bonds. The molecule has 78 valence electrons. The van der Waals surface area contributed by atoms with Crippen LogP contribution in [0.15, 0.2) is 0 Å². The van der Waals surface area contributed by atoms with E-state index in [0.717, 1.165) is 0 Å². The summed E-state index contributed by atoms with van der Waals surface area (Å²) < 4.78 is 30.0. The molecule has 0 fully saturated rings. The largest absolute Gasteiger partial charge is 0.480 e. The van der Waals surface area contributed by atoms with Gasteiger partial charge in [-0.25, -0.2) is 4.72 Å². The van der Waals surface area contributed by atoms with E-state index >= 15 is 0 Å². The Morgan fingerprint density at radius 2 is 2.15 bits per heavy atom. The average molecular weight is 212 g/mol. The Bertz CT molecular complexity index is 262. The SMILES string of the molecule is CNS(=O)(=O)NC(COC)C(=O)O. The first-order chi connectivity index (χ1) is 5.93. The third-order valence-corrected chi connectivity index (χ3v) is 2.33. The molecule has 0 bridgehead atoms. The summed E-state index contributed by atoms with van der Waals surface area (Å²) in [5, 5.41) is 8.53. The van der Waals surface area contributed by atoms with Gasteiger partial charge in [-0.15, -0.1) is 0 Å². The first kappa shape index (κ1) is 12.3. The van der Waals surface area contributed by atoms with Gasteiger partial charge in [0.05, 0.1) is 6.61 Å². The van der Waals surface area contributed by atoms with Crippen molar-refractivity contribution >= 4 is 16.2 Å². The first-order valence-corrected chi connectivity index (χ1v) is 4.83. The highest BCUT2D eigenvalue weighted by molar-refractivity contribution is 7.87. The molecule has 0 aromatic rings. The van der Waals surface area contributed by atoms with E-state index in [1.807, 2.05) is 9.44 Å². The molecule has 0 aromatic carbocycles. The molecule has 0 rings (SSSR count). The second-order valence-electron chi connectivity index (χ2n) is 2.17. The molecule has 0 aliphatic rings. The lowest BCUT2D eigenvalue weighted by Gasteiger charge is -2.12. The topological polar surface area (TPSA) is 105 Å². The molecule has 13 heavy (non-hydrogen) atoms. The summed E-state index contributed by atoms with van der Waals surface area (Å²) in [6.45, 7) is -0.226. The van der Waals surface area contributed by atoms with E-state index in [9.17, 15) is 13.2 Å². The van der Waals surface area contributed by atoms with Crippen LogP contribution in [0, 0.1) is 0 Å². The molecule has 0 spiro atoms. The Kier molecular flexibility index (Phi) is 4.85. The molecular formula is C5H12N2O5S. The van der Waals surface area contributed by atoms with Crippen LogP contribution in [0.5, 0.6) is 0 Å². The zero-order valence-corrected chi connectivity index (χ0v) is 8.09. The second-order valence-corrected chi connectivity index (χ2v) is 3.82. The van der Waals surface area contributed by atoms with Crippen molar-refractivity contribution in [1.29, 1.82) is 0 Å². The van der Waals surface area contributed by atoms with Gasteiger partial charge in [0, 0.05) is 14.2 Å². The van der Waals surface area contributed by atoms with Gasteiger partial charge in [0.25, 0.3) is 10.2 Å². The molecule has 0 aliphatic heterocycles. The van der Waals surface area contributed by atoms with Crippen LogP contribution < -0.4 is 9.44 Å². The van der Waals surface area contributed by atoms with E-state index in [1.165, 1.54) is 14.2 Å². The number of nitrogens with one attached hydrogen (secondary N) is 2. The summed E-state index contributed by atoms with van der Waals surface area (Å²) in [6, 6.07) is -1.28. The molecule has 0 heterocycles. The number of carboxylic acid groups (broad SMARTS) is 1. The van der Waals surface area contributed by atoms with Gasteiger partial charge in [0.1, 0.15) is 6.04 Å². The highest BCUT2D eigenvalue weighted by atomic mass is 32.2. The van der Waals surface area contributed by atoms with Crippen molar-refractivity contribution in [3.05, 3.63) is 0 Å². The fourth-order valence-electron chi connectivity index (χ4n) is 0.569. The smallest absolute Gasteiger partial charge is 0.324 e. The van der Waals surface area contributed by atoms with Crippen LogP contribution >= 0.6 is 0 Å². The molecular weight excluding hydrogens is 200 g/mol. The Morgan fingerprint density at radius 1 is 1.62 bits per heavy atom. The zero-order valence-electron chi connectivity index (χ0n) is 7.27. The van der Waals surface area contributed by atoms with Gasteiger partial charge in [0.2, 0.25) is 0 Å². The minimum atomic E-state index is -3.75. The van der Waals surface area contributed by atoms with Gasteiger partial charge in [-0.3, -0.25) is 4.79 Å². The van der Waals surface area contributed by atoms with Gasteiger partial charge >= 0.3 is 5.97 Å². The van der Waals surface area contributed by atoms with Crippen LogP contribution in [0.3, 0.4) is 0 Å². The zero-order chi connectivity index (χ0) is 10.5. The number of rotatable bonds is 6. The van der Waals surface area contributed by atoms with Crippen LogP contribution in [0.1, 0.15) is 0 Å². The number of hydrogen-bond donors (Lipinski definition) is 3. The second kappa shape index (κ2) is 5.12. The van der Waals surface area contributed by atoms with Crippen molar-refractivity contribution in [3.8, 4) is 0 Å². The Labute approximate surface area is 76.3 Å². The number of ether oxygens (including phenoxy) is 1. The summed E-state index contributed by atoms with van der Waals surface area (Å²) in [4.78, 5) is 10.4. The number of methoxy groups -OCH3 is 1. The first-order valence-electron chi connectivity index (χ1n) is 3.35. The van der Waals surface area contributed by atoms with Crippen molar-refractivity contribution in [3.63, 3.8) is 0 Å². The third-order valence-electron chi connectivity index (χ3n) is 1.20. The van der Waals surface area contributed by atoms with Gasteiger partial charge in [0.15, 0.2) is 0 Å². The van der Waals surface area contributed by atoms with E-state index < -0.39 is 22.2 Å². The molecule has 8 heteroatoms. The van der Waals surface area contributed by atoms with Crippen LogP contribution in [0.4, 0.5) is 0 Å². The van der Waals surface area contributed by atoms with E-state index in [0.29, 0.717) is 0 Å². The van der Waals surface area contributed by atoms with Crippen molar-refractivity contribution in [2.75, 3.05) is 20.8 Å². The van der Waals surface area contributed by atoms with Crippen LogP contribution in [-0.4, -0.2) is 46.3 Å². The minimum absolute atomic E-state index is 0.226. The standard InChI is InChI=1S/C5H12N2O5S/c1-6-13(10,11)7-4(3-12-2)5(8)9/h4,6-7H,3H2,1-2H3,(H,8,9). The summed E-state index contributed by atoms with van der Waals surface area (Å²) in [6.07, 6.45) is 0. The van der Waals surface area contributed by atoms with Gasteiger partial charge in [-0.05, 0) is 0 Å². The fraction of sp³-hybridized carbons (Fsp3) is 0.800. The van der Waals surface area contributed by atoms with Gasteiger partial charge < -0.3 is 9.84 Å². The molecule has 0 aliphatic carbocycles. The Hall–Kier alpha value is -0.700. The monoisotopic (exact) mass is 212 g/mol. The summed E-state index contributed by atoms with van der Waals surface area (Å²) in [7, 11) is -1.29. The lowest BCUT2D eigenvalue weighted by atomic mass is 10.3. The van der Waals surface area contributed by atoms with Crippen molar-refractivity contribution in [2.45, 2.75) is 6.04 Å². The molecule has 0 radical (unpaired) electrons. The minimum Gasteiger partial charge on any atom is -0.480 e. The van der Waals surface area contributed by atoms with Crippen LogP contribution in [0.25, 0.3) is 0 Å².